The number of aromatic nitrogens is 2. The number of nitrogens with zero attached hydrogens (tertiary/aromatic N) is 3. The summed E-state index contributed by atoms with van der Waals surface area (Å²) in [5, 5.41) is 21.8. The summed E-state index contributed by atoms with van der Waals surface area (Å²) in [5.41, 5.74) is 2.92. The monoisotopic (exact) mass is 391 g/mol. The van der Waals surface area contributed by atoms with Gasteiger partial charge in [-0.05, 0) is 44.0 Å². The van der Waals surface area contributed by atoms with Crippen molar-refractivity contribution in [1.29, 1.82) is 0 Å². The summed E-state index contributed by atoms with van der Waals surface area (Å²) in [7, 11) is 0. The standard InChI is InChI=1S/C23H29N5O/c1-4-24-22(26-17-23(3,29)20-11-6-5-7-12-20)25-16-19-10-8-9-13-21(19)28-15-14-18(2)27-28/h5-15,29H,4,16-17H2,1-3H3,(H2,24,25,26). The third-order valence-corrected chi connectivity index (χ3v) is 4.71. The summed E-state index contributed by atoms with van der Waals surface area (Å²) >= 11 is 0. The molecule has 3 aromatic rings. The highest BCUT2D eigenvalue weighted by molar-refractivity contribution is 5.79. The number of benzene rings is 2. The Morgan fingerprint density at radius 2 is 1.79 bits per heavy atom. The van der Waals surface area contributed by atoms with E-state index in [1.54, 1.807) is 6.92 Å². The average molecular weight is 392 g/mol. The molecule has 1 unspecified atom stereocenters. The first kappa shape index (κ1) is 20.6. The molecular formula is C23H29N5O. The zero-order chi connectivity index (χ0) is 20.7. The predicted molar refractivity (Wildman–Crippen MR) is 117 cm³/mol. The molecule has 1 atom stereocenters. The molecule has 0 saturated carbocycles. The SMILES string of the molecule is CCNC(=NCc1ccccc1-n1ccc(C)n1)NCC(C)(O)c1ccccc1. The molecule has 0 amide bonds. The van der Waals surface area contributed by atoms with Crippen LogP contribution in [0.5, 0.6) is 0 Å². The summed E-state index contributed by atoms with van der Waals surface area (Å²) in [6, 6.07) is 19.7. The minimum atomic E-state index is -0.998. The van der Waals surface area contributed by atoms with Crippen LogP contribution in [0.1, 0.15) is 30.7 Å². The van der Waals surface area contributed by atoms with Gasteiger partial charge in [-0.2, -0.15) is 5.10 Å². The van der Waals surface area contributed by atoms with Crippen LogP contribution in [0.15, 0.2) is 71.9 Å². The number of guanidine groups is 1. The van der Waals surface area contributed by atoms with E-state index in [1.807, 2.05) is 79.3 Å². The number of aliphatic hydroxyl groups is 1. The fourth-order valence-electron chi connectivity index (χ4n) is 3.08. The summed E-state index contributed by atoms with van der Waals surface area (Å²) in [6.07, 6.45) is 1.96. The molecule has 3 rings (SSSR count). The average Bonchev–Trinajstić information content (AvgIpc) is 3.17. The second-order valence-corrected chi connectivity index (χ2v) is 7.22. The van der Waals surface area contributed by atoms with Gasteiger partial charge in [-0.3, -0.25) is 0 Å². The van der Waals surface area contributed by atoms with Gasteiger partial charge in [0.15, 0.2) is 5.96 Å². The van der Waals surface area contributed by atoms with Crippen LogP contribution in [0.3, 0.4) is 0 Å². The van der Waals surface area contributed by atoms with Crippen molar-refractivity contribution in [3.8, 4) is 5.69 Å². The number of hydrogen-bond donors (Lipinski definition) is 3. The first-order chi connectivity index (χ1) is 14.0. The molecule has 6 nitrogen and oxygen atoms in total. The Bertz CT molecular complexity index is 947. The van der Waals surface area contributed by atoms with Crippen molar-refractivity contribution in [1.82, 2.24) is 20.4 Å². The topological polar surface area (TPSA) is 74.5 Å². The lowest BCUT2D eigenvalue weighted by atomic mass is 9.96. The first-order valence-corrected chi connectivity index (χ1v) is 9.90. The Hall–Kier alpha value is -3.12. The van der Waals surface area contributed by atoms with Crippen molar-refractivity contribution in [2.45, 2.75) is 32.9 Å². The number of aryl methyl sites for hydroxylation is 1. The first-order valence-electron chi connectivity index (χ1n) is 9.90. The van der Waals surface area contributed by atoms with Crippen LogP contribution in [0.25, 0.3) is 5.69 Å². The van der Waals surface area contributed by atoms with Crippen LogP contribution in [0, 0.1) is 6.92 Å². The van der Waals surface area contributed by atoms with Gasteiger partial charge >= 0.3 is 0 Å². The number of hydrogen-bond acceptors (Lipinski definition) is 3. The summed E-state index contributed by atoms with van der Waals surface area (Å²) in [6.45, 7) is 7.38. The van der Waals surface area contributed by atoms with Crippen LogP contribution in [-0.4, -0.2) is 33.9 Å². The van der Waals surface area contributed by atoms with E-state index in [1.165, 1.54) is 0 Å². The van der Waals surface area contributed by atoms with Gasteiger partial charge < -0.3 is 15.7 Å². The van der Waals surface area contributed by atoms with Gasteiger partial charge in [0.2, 0.25) is 0 Å². The Labute approximate surface area is 172 Å². The molecule has 2 aromatic carbocycles. The fraction of sp³-hybridized carbons (Fsp3) is 0.304. The maximum absolute atomic E-state index is 10.8. The molecule has 0 saturated heterocycles. The summed E-state index contributed by atoms with van der Waals surface area (Å²) < 4.78 is 1.88. The van der Waals surface area contributed by atoms with Gasteiger partial charge in [0, 0.05) is 12.7 Å². The molecule has 0 bridgehead atoms. The minimum absolute atomic E-state index is 0.350. The molecule has 3 N–H and O–H groups in total. The largest absolute Gasteiger partial charge is 0.384 e. The number of para-hydroxylation sites is 1. The van der Waals surface area contributed by atoms with Crippen molar-refractivity contribution >= 4 is 5.96 Å². The smallest absolute Gasteiger partial charge is 0.191 e. The van der Waals surface area contributed by atoms with Crippen molar-refractivity contribution in [3.63, 3.8) is 0 Å². The molecule has 152 valence electrons. The fourth-order valence-corrected chi connectivity index (χ4v) is 3.08. The molecule has 1 aromatic heterocycles. The minimum Gasteiger partial charge on any atom is -0.384 e. The number of rotatable bonds is 7. The molecule has 6 heteroatoms. The lowest BCUT2D eigenvalue weighted by molar-refractivity contribution is 0.0617. The molecule has 1 heterocycles. The maximum Gasteiger partial charge on any atom is 0.191 e. The van der Waals surface area contributed by atoms with Gasteiger partial charge in [-0.1, -0.05) is 48.5 Å². The van der Waals surface area contributed by atoms with E-state index in [9.17, 15) is 5.11 Å². The lowest BCUT2D eigenvalue weighted by Gasteiger charge is -2.25. The highest BCUT2D eigenvalue weighted by Crippen LogP contribution is 2.19. The van der Waals surface area contributed by atoms with E-state index in [-0.39, 0.29) is 0 Å². The van der Waals surface area contributed by atoms with Gasteiger partial charge in [-0.25, -0.2) is 9.67 Å². The van der Waals surface area contributed by atoms with Crippen molar-refractivity contribution < 1.29 is 5.11 Å². The van der Waals surface area contributed by atoms with Crippen LogP contribution in [0.4, 0.5) is 0 Å². The van der Waals surface area contributed by atoms with E-state index in [0.29, 0.717) is 19.0 Å². The molecule has 29 heavy (non-hydrogen) atoms. The highest BCUT2D eigenvalue weighted by Gasteiger charge is 2.23. The molecule has 0 aliphatic carbocycles. The van der Waals surface area contributed by atoms with E-state index < -0.39 is 5.60 Å². The predicted octanol–water partition coefficient (Wildman–Crippen LogP) is 3.14. The Morgan fingerprint density at radius 1 is 1.07 bits per heavy atom. The van der Waals surface area contributed by atoms with Gasteiger partial charge in [-0.15, -0.1) is 0 Å². The third-order valence-electron chi connectivity index (χ3n) is 4.71. The maximum atomic E-state index is 10.8. The van der Waals surface area contributed by atoms with Crippen LogP contribution < -0.4 is 10.6 Å². The zero-order valence-corrected chi connectivity index (χ0v) is 17.3. The van der Waals surface area contributed by atoms with Crippen LogP contribution in [0.2, 0.25) is 0 Å². The Balaban J connectivity index is 1.73. The Morgan fingerprint density at radius 3 is 2.48 bits per heavy atom. The van der Waals surface area contributed by atoms with Crippen LogP contribution >= 0.6 is 0 Å². The third kappa shape index (κ3) is 5.45. The molecule has 0 aliphatic heterocycles. The lowest BCUT2D eigenvalue weighted by Crippen LogP contribution is -2.44. The van der Waals surface area contributed by atoms with E-state index in [2.05, 4.69) is 21.8 Å². The summed E-state index contributed by atoms with van der Waals surface area (Å²) in [5.74, 6) is 0.662. The quantitative estimate of drug-likeness (QED) is 0.427. The molecular weight excluding hydrogens is 362 g/mol. The van der Waals surface area contributed by atoms with Gasteiger partial charge in [0.05, 0.1) is 24.5 Å². The van der Waals surface area contributed by atoms with E-state index in [0.717, 1.165) is 29.1 Å². The second kappa shape index (κ2) is 9.39. The molecule has 0 aliphatic rings. The van der Waals surface area contributed by atoms with Gasteiger partial charge in [0.1, 0.15) is 5.60 Å². The number of aliphatic imine (C=N–C) groups is 1. The van der Waals surface area contributed by atoms with Crippen molar-refractivity contribution in [2.24, 2.45) is 4.99 Å². The van der Waals surface area contributed by atoms with E-state index in [4.69, 9.17) is 4.99 Å². The van der Waals surface area contributed by atoms with Gasteiger partial charge in [0.25, 0.3) is 0 Å². The summed E-state index contributed by atoms with van der Waals surface area (Å²) in [4.78, 5) is 4.72. The highest BCUT2D eigenvalue weighted by atomic mass is 16.3. The van der Waals surface area contributed by atoms with Crippen molar-refractivity contribution in [3.05, 3.63) is 83.7 Å². The van der Waals surface area contributed by atoms with Crippen molar-refractivity contribution in [2.75, 3.05) is 13.1 Å². The number of nitrogens with one attached hydrogen (secondary N) is 2. The molecule has 0 fully saturated rings. The van der Waals surface area contributed by atoms with Crippen LogP contribution in [-0.2, 0) is 12.1 Å². The Kier molecular flexibility index (Phi) is 6.67. The normalized spacial score (nSPS) is 13.7. The molecule has 0 spiro atoms. The zero-order valence-electron chi connectivity index (χ0n) is 17.3. The second-order valence-electron chi connectivity index (χ2n) is 7.22. The van der Waals surface area contributed by atoms with E-state index >= 15 is 0 Å². The molecule has 0 radical (unpaired) electrons.